The molecule has 0 spiro atoms. The Bertz CT molecular complexity index is 1420. The fraction of sp³-hybridized carbons (Fsp3) is 0.400. The van der Waals surface area contributed by atoms with Crippen molar-refractivity contribution in [2.45, 2.75) is 44.6 Å². The van der Waals surface area contributed by atoms with E-state index in [0.29, 0.717) is 36.3 Å². The van der Waals surface area contributed by atoms with Crippen LogP contribution >= 0.6 is 0 Å². The molecule has 2 aromatic carbocycles. The molecule has 0 bridgehead atoms. The lowest BCUT2D eigenvalue weighted by Gasteiger charge is -2.21. The molecule has 1 atom stereocenters. The number of para-hydroxylation sites is 2. The second-order valence-electron chi connectivity index (χ2n) is 10.3. The number of benzene rings is 2. The van der Waals surface area contributed by atoms with Crippen LogP contribution in [-0.4, -0.2) is 57.9 Å². The molecule has 0 saturated heterocycles. The summed E-state index contributed by atoms with van der Waals surface area (Å²) in [4.78, 5) is 31.7. The van der Waals surface area contributed by atoms with Crippen molar-refractivity contribution in [3.63, 3.8) is 0 Å². The first-order chi connectivity index (χ1) is 19.4. The number of oxazole rings is 1. The van der Waals surface area contributed by atoms with Gasteiger partial charge in [0.05, 0.1) is 18.3 Å². The number of carbonyl (C=O) groups excluding carboxylic acids is 1. The average Bonchev–Trinajstić information content (AvgIpc) is 3.57. The second kappa shape index (κ2) is 12.2. The number of carbonyl (C=O) groups is 2. The molecular formula is C30H35N5O5. The van der Waals surface area contributed by atoms with Gasteiger partial charge in [-0.2, -0.15) is 10.1 Å². The van der Waals surface area contributed by atoms with E-state index in [0.717, 1.165) is 48.8 Å². The summed E-state index contributed by atoms with van der Waals surface area (Å²) in [7, 11) is 3.61. The molecule has 1 aliphatic carbocycles. The maximum Gasteiger partial charge on any atom is 0.326 e. The predicted octanol–water partition coefficient (Wildman–Crippen LogP) is 4.95. The predicted molar refractivity (Wildman–Crippen MR) is 152 cm³/mol. The number of likely N-dealkylation sites (N-methyl/N-ethyl adjacent to an activating group) is 1. The van der Waals surface area contributed by atoms with Gasteiger partial charge in [-0.25, -0.2) is 4.79 Å². The minimum Gasteiger partial charge on any atom is -0.492 e. The fourth-order valence-corrected chi connectivity index (χ4v) is 5.12. The van der Waals surface area contributed by atoms with Crippen LogP contribution < -0.4 is 15.0 Å². The first kappa shape index (κ1) is 27.2. The number of hydrogen-bond donors (Lipinski definition) is 2. The second-order valence-corrected chi connectivity index (χ2v) is 10.3. The maximum absolute atomic E-state index is 13.2. The first-order valence-electron chi connectivity index (χ1n) is 13.7. The number of ketones is 1. The van der Waals surface area contributed by atoms with Crippen LogP contribution in [0.15, 0.2) is 59.1 Å². The number of fused-ring (bicyclic) bond motifs is 1. The Kier molecular flexibility index (Phi) is 8.33. The molecule has 2 aromatic heterocycles. The summed E-state index contributed by atoms with van der Waals surface area (Å²) in [5, 5.41) is 17.3. The minimum absolute atomic E-state index is 0.0240. The normalized spacial score (nSPS) is 14.7. The van der Waals surface area contributed by atoms with E-state index >= 15 is 0 Å². The Labute approximate surface area is 232 Å². The van der Waals surface area contributed by atoms with Gasteiger partial charge in [-0.3, -0.25) is 9.48 Å². The molecule has 10 heteroatoms. The lowest BCUT2D eigenvalue weighted by Crippen LogP contribution is -2.33. The van der Waals surface area contributed by atoms with Crippen molar-refractivity contribution < 1.29 is 23.8 Å². The van der Waals surface area contributed by atoms with Gasteiger partial charge in [0.25, 0.3) is 6.01 Å². The quantitative estimate of drug-likeness (QED) is 0.238. The van der Waals surface area contributed by atoms with E-state index in [1.807, 2.05) is 60.5 Å². The smallest absolute Gasteiger partial charge is 0.326 e. The molecule has 1 fully saturated rings. The molecule has 10 nitrogen and oxygen atoms in total. The van der Waals surface area contributed by atoms with Crippen molar-refractivity contribution in [2.75, 3.05) is 30.4 Å². The van der Waals surface area contributed by atoms with Crippen LogP contribution in [0.2, 0.25) is 0 Å². The standard InChI is InChI=1S/C30H35N5O5/c1-34(30-33-24-10-6-7-11-26(24)40-30)16-17-39-22-14-12-20(13-15-22)18-25(29(37)38)32-28-23(19-31-35(28)2)27(36)21-8-4-3-5-9-21/h6-7,10-15,19,21,25,32H,3-5,8-9,16-18H2,1-2H3,(H,37,38). The van der Waals surface area contributed by atoms with Crippen LogP contribution in [0.25, 0.3) is 11.1 Å². The number of carboxylic acid groups (broad SMARTS) is 1. The molecular weight excluding hydrogens is 510 g/mol. The molecule has 210 valence electrons. The number of carboxylic acids is 1. The molecule has 40 heavy (non-hydrogen) atoms. The first-order valence-corrected chi connectivity index (χ1v) is 13.7. The van der Waals surface area contributed by atoms with Gasteiger partial charge in [0.1, 0.15) is 29.7 Å². The number of hydrogen-bond acceptors (Lipinski definition) is 8. The molecule has 1 unspecified atom stereocenters. The SMILES string of the molecule is CN(CCOc1ccc(CC(Nc2c(C(=O)C3CCCCC3)cnn2C)C(=O)O)cc1)c1nc2ccccc2o1. The summed E-state index contributed by atoms with van der Waals surface area (Å²) in [6.45, 7) is 0.998. The van der Waals surface area contributed by atoms with Crippen LogP contribution in [0.1, 0.15) is 48.0 Å². The number of aromatic nitrogens is 3. The zero-order valence-electron chi connectivity index (χ0n) is 22.9. The molecule has 1 saturated carbocycles. The number of anilines is 2. The van der Waals surface area contributed by atoms with Crippen LogP contribution in [0.3, 0.4) is 0 Å². The molecule has 5 rings (SSSR count). The third kappa shape index (κ3) is 6.27. The number of ether oxygens (including phenoxy) is 1. The summed E-state index contributed by atoms with van der Waals surface area (Å²) in [5.74, 6) is 0.152. The average molecular weight is 546 g/mol. The van der Waals surface area contributed by atoms with Gasteiger partial charge in [-0.05, 0) is 42.7 Å². The number of aryl methyl sites for hydroxylation is 1. The van der Waals surface area contributed by atoms with Gasteiger partial charge in [-0.1, -0.05) is 43.5 Å². The van der Waals surface area contributed by atoms with E-state index in [4.69, 9.17) is 9.15 Å². The molecule has 2 N–H and O–H groups in total. The van der Waals surface area contributed by atoms with Gasteiger partial charge in [0, 0.05) is 26.4 Å². The number of nitrogens with zero attached hydrogens (tertiary/aromatic N) is 4. The largest absolute Gasteiger partial charge is 0.492 e. The summed E-state index contributed by atoms with van der Waals surface area (Å²) < 4.78 is 13.2. The lowest BCUT2D eigenvalue weighted by molar-refractivity contribution is -0.137. The van der Waals surface area contributed by atoms with Crippen molar-refractivity contribution in [3.05, 3.63) is 65.9 Å². The van der Waals surface area contributed by atoms with Crippen molar-refractivity contribution >= 4 is 34.7 Å². The van der Waals surface area contributed by atoms with Gasteiger partial charge in [-0.15, -0.1) is 0 Å². The monoisotopic (exact) mass is 545 g/mol. The van der Waals surface area contributed by atoms with Crippen molar-refractivity contribution in [3.8, 4) is 5.75 Å². The van der Waals surface area contributed by atoms with Crippen LogP contribution in [-0.2, 0) is 18.3 Å². The molecule has 0 amide bonds. The third-order valence-corrected chi connectivity index (χ3v) is 7.46. The Morgan fingerprint density at radius 1 is 1.15 bits per heavy atom. The summed E-state index contributed by atoms with van der Waals surface area (Å²) in [5.41, 5.74) is 2.85. The summed E-state index contributed by atoms with van der Waals surface area (Å²) in [6.07, 6.45) is 6.78. The van der Waals surface area contributed by atoms with Crippen LogP contribution in [0.5, 0.6) is 5.75 Å². The zero-order valence-corrected chi connectivity index (χ0v) is 22.9. The summed E-state index contributed by atoms with van der Waals surface area (Å²) >= 11 is 0. The Morgan fingerprint density at radius 2 is 1.90 bits per heavy atom. The van der Waals surface area contributed by atoms with E-state index in [-0.39, 0.29) is 18.1 Å². The fourth-order valence-electron chi connectivity index (χ4n) is 5.12. The number of aliphatic carboxylic acids is 1. The topological polar surface area (TPSA) is 123 Å². The highest BCUT2D eigenvalue weighted by Crippen LogP contribution is 2.30. The van der Waals surface area contributed by atoms with E-state index in [9.17, 15) is 14.7 Å². The molecule has 1 aliphatic rings. The number of rotatable bonds is 12. The molecule has 0 aliphatic heterocycles. The highest BCUT2D eigenvalue weighted by Gasteiger charge is 2.28. The molecule has 4 aromatic rings. The highest BCUT2D eigenvalue weighted by atomic mass is 16.5. The lowest BCUT2D eigenvalue weighted by atomic mass is 9.84. The number of nitrogens with one attached hydrogen (secondary N) is 1. The Morgan fingerprint density at radius 3 is 2.62 bits per heavy atom. The van der Waals surface area contributed by atoms with Crippen molar-refractivity contribution in [1.29, 1.82) is 0 Å². The minimum atomic E-state index is -1.00. The van der Waals surface area contributed by atoms with Gasteiger partial charge < -0.3 is 24.5 Å². The Hall–Kier alpha value is -4.34. The van der Waals surface area contributed by atoms with Crippen LogP contribution in [0, 0.1) is 5.92 Å². The van der Waals surface area contributed by atoms with Gasteiger partial charge in [0.15, 0.2) is 11.4 Å². The zero-order chi connectivity index (χ0) is 28.1. The van der Waals surface area contributed by atoms with Crippen LogP contribution in [0.4, 0.5) is 11.8 Å². The van der Waals surface area contributed by atoms with Crippen molar-refractivity contribution in [1.82, 2.24) is 14.8 Å². The van der Waals surface area contributed by atoms with Gasteiger partial charge in [0.2, 0.25) is 0 Å². The van der Waals surface area contributed by atoms with Crippen molar-refractivity contribution in [2.24, 2.45) is 13.0 Å². The maximum atomic E-state index is 13.2. The third-order valence-electron chi connectivity index (χ3n) is 7.46. The van der Waals surface area contributed by atoms with Gasteiger partial charge >= 0.3 is 5.97 Å². The van der Waals surface area contributed by atoms with E-state index in [2.05, 4.69) is 15.4 Å². The van der Waals surface area contributed by atoms with E-state index in [1.54, 1.807) is 17.9 Å². The van der Waals surface area contributed by atoms with E-state index in [1.165, 1.54) is 0 Å². The van der Waals surface area contributed by atoms with E-state index < -0.39 is 12.0 Å². The highest BCUT2D eigenvalue weighted by molar-refractivity contribution is 6.02. The summed E-state index contributed by atoms with van der Waals surface area (Å²) in [6, 6.07) is 14.6. The number of Topliss-reactive ketones (excluding diaryl/α,β-unsaturated/α-hetero) is 1. The molecule has 2 heterocycles. The molecule has 0 radical (unpaired) electrons. The Balaban J connectivity index is 1.17.